The number of rotatable bonds is 1. The molecule has 0 heterocycles. The van der Waals surface area contributed by atoms with Crippen molar-refractivity contribution in [1.29, 1.82) is 0 Å². The van der Waals surface area contributed by atoms with Crippen LogP contribution in [0.15, 0.2) is 0 Å². The van der Waals surface area contributed by atoms with E-state index in [0.29, 0.717) is 0 Å². The molecule has 0 aliphatic rings. The largest absolute Gasteiger partial charge is 0.412 e. The standard InChI is InChI=1S/CH4O3.6CH4.Mn.2H3N.6H2O/c1-3-4-2;;;;;;;;;;;;;;;/h2H,1H3;6*1H4;;2*1H3;6*1H2. The molecule has 0 aromatic rings. The van der Waals surface area contributed by atoms with Crippen LogP contribution in [0.1, 0.15) is 44.6 Å². The van der Waals surface area contributed by atoms with Gasteiger partial charge < -0.3 is 45.2 Å². The normalized spacial score (nSPS) is 1.58. The molecule has 12 heteroatoms. The average molecular weight is 357 g/mol. The minimum Gasteiger partial charge on any atom is -0.412 e. The third kappa shape index (κ3) is 4010. The average Bonchev–Trinajstić information content (AvgIpc) is 1.37. The van der Waals surface area contributed by atoms with Crippen molar-refractivity contribution in [2.24, 2.45) is 0 Å². The van der Waals surface area contributed by atoms with Gasteiger partial charge in [0.2, 0.25) is 0 Å². The van der Waals surface area contributed by atoms with Gasteiger partial charge >= 0.3 is 0 Å². The third-order valence-corrected chi connectivity index (χ3v) is 0.0745. The van der Waals surface area contributed by atoms with Crippen LogP contribution in [0.5, 0.6) is 0 Å². The monoisotopic (exact) mass is 357 g/mol. The van der Waals surface area contributed by atoms with Crippen molar-refractivity contribution in [2.75, 3.05) is 7.11 Å². The summed E-state index contributed by atoms with van der Waals surface area (Å²) in [7, 11) is 1.21. The minimum atomic E-state index is 0. The van der Waals surface area contributed by atoms with Crippen molar-refractivity contribution in [2.45, 2.75) is 44.6 Å². The molecule has 0 amide bonds. The van der Waals surface area contributed by atoms with Gasteiger partial charge in [-0.15, -0.1) is 0 Å². The van der Waals surface area contributed by atoms with E-state index in [1.807, 2.05) is 0 Å². The number of hydrogen-bond donors (Lipinski definition) is 3. The fourth-order valence-electron chi connectivity index (χ4n) is 0. The first-order valence-electron chi connectivity index (χ1n) is 0.757. The van der Waals surface area contributed by atoms with Crippen LogP contribution < -0.4 is 12.3 Å². The molecule has 145 valence electrons. The van der Waals surface area contributed by atoms with Crippen molar-refractivity contribution in [1.82, 2.24) is 12.3 Å². The second-order valence-electron chi connectivity index (χ2n) is 0.241. The maximum atomic E-state index is 7.15. The van der Waals surface area contributed by atoms with Crippen LogP contribution in [0.2, 0.25) is 0 Å². The summed E-state index contributed by atoms with van der Waals surface area (Å²) in [6.07, 6.45) is 0. The fourth-order valence-corrected chi connectivity index (χ4v) is 0. The maximum Gasteiger partial charge on any atom is 0.0744 e. The second-order valence-corrected chi connectivity index (χ2v) is 0.241. The molecule has 11 nitrogen and oxygen atoms in total. The van der Waals surface area contributed by atoms with Gasteiger partial charge in [0.1, 0.15) is 0 Å². The predicted octanol–water partition coefficient (Wildman–Crippen LogP) is -0.773. The van der Waals surface area contributed by atoms with Crippen molar-refractivity contribution < 1.29 is 65.1 Å². The molecule has 1 radical (unpaired) electrons. The van der Waals surface area contributed by atoms with E-state index < -0.39 is 0 Å². The molecule has 19 heavy (non-hydrogen) atoms. The molecule has 0 aliphatic carbocycles. The first-order chi connectivity index (χ1) is 1.91. The second kappa shape index (κ2) is 1220. The van der Waals surface area contributed by atoms with E-state index in [1.165, 1.54) is 7.11 Å². The van der Waals surface area contributed by atoms with E-state index in [9.17, 15) is 0 Å². The SMILES string of the molecule is C.C.C.C.C.C.COOO.N.N.O.O.O.O.O.O.[Mn]. The summed E-state index contributed by atoms with van der Waals surface area (Å²) in [5.41, 5.74) is 0. The van der Waals surface area contributed by atoms with Gasteiger partial charge in [-0.05, 0) is 0 Å². The van der Waals surface area contributed by atoms with E-state index in [4.69, 9.17) is 5.26 Å². The van der Waals surface area contributed by atoms with Crippen molar-refractivity contribution >= 4 is 0 Å². The molecule has 0 spiro atoms. The Morgan fingerprint density at radius 3 is 0.632 bits per heavy atom. The van der Waals surface area contributed by atoms with Gasteiger partial charge in [0.05, 0.1) is 7.11 Å². The van der Waals surface area contributed by atoms with Crippen molar-refractivity contribution in [3.05, 3.63) is 0 Å². The Hall–Kier alpha value is 0.0795. The van der Waals surface area contributed by atoms with Crippen molar-refractivity contribution in [3.63, 3.8) is 0 Å². The molecule has 0 fully saturated rings. The van der Waals surface area contributed by atoms with Crippen LogP contribution in [0.3, 0.4) is 0 Å². The van der Waals surface area contributed by atoms with E-state index in [2.05, 4.69) is 9.93 Å². The summed E-state index contributed by atoms with van der Waals surface area (Å²) in [6.45, 7) is 0. The van der Waals surface area contributed by atoms with Gasteiger partial charge in [-0.2, -0.15) is 0 Å². The Labute approximate surface area is 130 Å². The zero-order valence-electron chi connectivity index (χ0n) is 7.06. The fraction of sp³-hybridized carbons (Fsp3) is 1.00. The number of hydrogen-bond acceptors (Lipinski definition) is 5. The zero-order valence-corrected chi connectivity index (χ0v) is 8.24. The van der Waals surface area contributed by atoms with Crippen LogP contribution in [0.25, 0.3) is 0 Å². The molecule has 0 aromatic heterocycles. The van der Waals surface area contributed by atoms with Gasteiger partial charge in [-0.3, -0.25) is 0 Å². The van der Waals surface area contributed by atoms with Crippen LogP contribution in [0, 0.1) is 0 Å². The summed E-state index contributed by atoms with van der Waals surface area (Å²) < 4.78 is 0. The van der Waals surface area contributed by atoms with Gasteiger partial charge in [0, 0.05) is 17.1 Å². The van der Waals surface area contributed by atoms with E-state index in [-0.39, 0.29) is 107 Å². The smallest absolute Gasteiger partial charge is 0.0744 e. The summed E-state index contributed by atoms with van der Waals surface area (Å²) in [6, 6.07) is 0. The topological polar surface area (TPSA) is 298 Å². The van der Waals surface area contributed by atoms with E-state index in [1.54, 1.807) is 0 Å². The molecule has 0 bridgehead atoms. The van der Waals surface area contributed by atoms with Gasteiger partial charge in [0.15, 0.2) is 0 Å². The quantitative estimate of drug-likeness (QED) is 0.308. The molecule has 0 saturated carbocycles. The molecule has 0 rings (SSSR count). The van der Waals surface area contributed by atoms with Crippen LogP contribution in [-0.2, 0) is 27.0 Å². The summed E-state index contributed by atoms with van der Waals surface area (Å²) in [5, 5.41) is 10.2. The van der Waals surface area contributed by atoms with E-state index >= 15 is 0 Å². The first kappa shape index (κ1) is 658. The minimum absolute atomic E-state index is 0. The first-order valence-corrected chi connectivity index (χ1v) is 0.757. The van der Waals surface area contributed by atoms with E-state index in [0.717, 1.165) is 0 Å². The van der Waals surface area contributed by atoms with Gasteiger partial charge in [0.25, 0.3) is 0 Å². The molecule has 0 aliphatic heterocycles. The molecule has 0 saturated heterocycles. The summed E-state index contributed by atoms with van der Waals surface area (Å²) in [4.78, 5) is 3.60. The molecule has 0 atom stereocenters. The molecular weight excluding hydrogens is 311 g/mol. The molecular formula is C7H46MnN2O9. The summed E-state index contributed by atoms with van der Waals surface area (Å²) >= 11 is 0. The van der Waals surface area contributed by atoms with Gasteiger partial charge in [-0.1, -0.05) is 49.6 Å². The third-order valence-electron chi connectivity index (χ3n) is 0.0745. The molecule has 0 aromatic carbocycles. The molecule has 19 N–H and O–H groups in total. The Morgan fingerprint density at radius 2 is 0.632 bits per heavy atom. The molecule has 0 unspecified atom stereocenters. The Kier molecular flexibility index (Phi) is 42200. The Morgan fingerprint density at radius 1 is 0.579 bits per heavy atom. The van der Waals surface area contributed by atoms with Crippen LogP contribution in [-0.4, -0.2) is 45.2 Å². The predicted molar refractivity (Wildman–Crippen MR) is 82.8 cm³/mol. The maximum absolute atomic E-state index is 7.15. The Balaban J connectivity index is -0.000000000429. The summed E-state index contributed by atoms with van der Waals surface area (Å²) in [5.74, 6) is 0. The van der Waals surface area contributed by atoms with Crippen molar-refractivity contribution in [3.8, 4) is 0 Å². The van der Waals surface area contributed by atoms with Crippen LogP contribution >= 0.6 is 0 Å². The van der Waals surface area contributed by atoms with Gasteiger partial charge in [-0.25, -0.2) is 10.1 Å². The van der Waals surface area contributed by atoms with Crippen LogP contribution in [0.4, 0.5) is 0 Å². The Bertz CT molecular complexity index is 32.5. The zero-order chi connectivity index (χ0) is 3.41.